The van der Waals surface area contributed by atoms with Gasteiger partial charge in [-0.2, -0.15) is 0 Å². The summed E-state index contributed by atoms with van der Waals surface area (Å²) >= 11 is 0. The van der Waals surface area contributed by atoms with Gasteiger partial charge in [0.05, 0.1) is 0 Å². The standard InChI is InChI=1S/C23H41N5O2.HI/c1-27(2)21(29)16-25-23(24-15-18-9-5-3-6-10-18)26-20-13-14-28(17-20)22(30)19-11-7-4-8-12-19;/h18-20H,3-17H2,1-2H3,(H2,24,25,26);1H. The highest BCUT2D eigenvalue weighted by Crippen LogP contribution is 2.27. The van der Waals surface area contributed by atoms with Crippen LogP contribution in [0.1, 0.15) is 70.6 Å². The van der Waals surface area contributed by atoms with Crippen molar-refractivity contribution in [3.05, 3.63) is 0 Å². The average molecular weight is 548 g/mol. The summed E-state index contributed by atoms with van der Waals surface area (Å²) < 4.78 is 0. The number of aliphatic imine (C=N–C) groups is 1. The predicted molar refractivity (Wildman–Crippen MR) is 136 cm³/mol. The van der Waals surface area contributed by atoms with Gasteiger partial charge in [0, 0.05) is 45.7 Å². The van der Waals surface area contributed by atoms with Crippen molar-refractivity contribution in [2.45, 2.75) is 76.7 Å². The molecule has 0 aromatic carbocycles. The third-order valence-electron chi connectivity index (χ3n) is 6.95. The first kappa shape index (κ1) is 26.2. The van der Waals surface area contributed by atoms with Crippen LogP contribution in [0.3, 0.4) is 0 Å². The van der Waals surface area contributed by atoms with Crippen molar-refractivity contribution in [2.24, 2.45) is 16.8 Å². The van der Waals surface area contributed by atoms with Crippen LogP contribution < -0.4 is 10.6 Å². The number of likely N-dealkylation sites (N-methyl/N-ethyl adjacent to an activating group) is 1. The van der Waals surface area contributed by atoms with Crippen LogP contribution in [0, 0.1) is 11.8 Å². The Morgan fingerprint density at radius 1 is 0.968 bits per heavy atom. The summed E-state index contributed by atoms with van der Waals surface area (Å²) in [5.41, 5.74) is 0. The Kier molecular flexibility index (Phi) is 11.4. The molecule has 0 spiro atoms. The molecule has 1 atom stereocenters. The molecule has 0 bridgehead atoms. The molecule has 1 saturated heterocycles. The van der Waals surface area contributed by atoms with Crippen LogP contribution in [-0.2, 0) is 9.59 Å². The molecule has 2 N–H and O–H groups in total. The van der Waals surface area contributed by atoms with E-state index < -0.39 is 0 Å². The highest BCUT2D eigenvalue weighted by atomic mass is 127. The lowest BCUT2D eigenvalue weighted by Crippen LogP contribution is -2.47. The number of nitrogens with one attached hydrogen (secondary N) is 2. The van der Waals surface area contributed by atoms with Gasteiger partial charge in [0.25, 0.3) is 0 Å². The van der Waals surface area contributed by atoms with E-state index in [0.717, 1.165) is 38.9 Å². The predicted octanol–water partition coefficient (Wildman–Crippen LogP) is 2.99. The molecule has 31 heavy (non-hydrogen) atoms. The number of rotatable bonds is 6. The van der Waals surface area contributed by atoms with Gasteiger partial charge in [-0.1, -0.05) is 38.5 Å². The Labute approximate surface area is 205 Å². The topological polar surface area (TPSA) is 77.0 Å². The van der Waals surface area contributed by atoms with E-state index in [-0.39, 0.29) is 48.4 Å². The number of carbonyl (C=O) groups is 2. The molecule has 1 aliphatic heterocycles. The lowest BCUT2D eigenvalue weighted by molar-refractivity contribution is -0.135. The number of carbonyl (C=O) groups excluding carboxylic acids is 2. The van der Waals surface area contributed by atoms with Gasteiger partial charge in [0.2, 0.25) is 11.8 Å². The van der Waals surface area contributed by atoms with Crippen LogP contribution in [-0.4, -0.2) is 73.9 Å². The van der Waals surface area contributed by atoms with E-state index in [4.69, 9.17) is 0 Å². The molecule has 2 aliphatic carbocycles. The zero-order chi connectivity index (χ0) is 21.3. The monoisotopic (exact) mass is 547 g/mol. The maximum absolute atomic E-state index is 12.9. The summed E-state index contributed by atoms with van der Waals surface area (Å²) in [6.45, 7) is 2.60. The molecule has 0 aromatic heterocycles. The van der Waals surface area contributed by atoms with Gasteiger partial charge < -0.3 is 20.4 Å². The molecule has 2 amide bonds. The van der Waals surface area contributed by atoms with E-state index in [1.54, 1.807) is 19.0 Å². The Hall–Kier alpha value is -1.06. The van der Waals surface area contributed by atoms with Gasteiger partial charge in [-0.05, 0) is 38.0 Å². The van der Waals surface area contributed by atoms with Gasteiger partial charge in [-0.25, -0.2) is 4.99 Å². The largest absolute Gasteiger partial charge is 0.356 e. The number of hydrogen-bond donors (Lipinski definition) is 2. The molecule has 0 radical (unpaired) electrons. The van der Waals surface area contributed by atoms with Crippen molar-refractivity contribution in [3.63, 3.8) is 0 Å². The third kappa shape index (κ3) is 8.42. The molecule has 3 fully saturated rings. The first-order chi connectivity index (χ1) is 14.5. The van der Waals surface area contributed by atoms with E-state index in [1.165, 1.54) is 51.4 Å². The summed E-state index contributed by atoms with van der Waals surface area (Å²) in [7, 11) is 3.51. The number of halogens is 1. The van der Waals surface area contributed by atoms with Crippen LogP contribution in [0.5, 0.6) is 0 Å². The first-order valence-corrected chi connectivity index (χ1v) is 12.1. The smallest absolute Gasteiger partial charge is 0.243 e. The third-order valence-corrected chi connectivity index (χ3v) is 6.95. The molecular formula is C23H42IN5O2. The molecule has 1 unspecified atom stereocenters. The minimum Gasteiger partial charge on any atom is -0.356 e. The van der Waals surface area contributed by atoms with Crippen LogP contribution in [0.4, 0.5) is 0 Å². The SMILES string of the molecule is CN(C)C(=O)CN=C(NCC1CCCCC1)NC1CCN(C(=O)C2CCCCC2)C1.I. The van der Waals surface area contributed by atoms with E-state index in [9.17, 15) is 9.59 Å². The van der Waals surface area contributed by atoms with E-state index in [1.807, 2.05) is 4.90 Å². The zero-order valence-electron chi connectivity index (χ0n) is 19.4. The van der Waals surface area contributed by atoms with Gasteiger partial charge in [0.15, 0.2) is 5.96 Å². The van der Waals surface area contributed by atoms with Crippen molar-refractivity contribution in [1.29, 1.82) is 0 Å². The average Bonchev–Trinajstić information content (AvgIpc) is 3.24. The van der Waals surface area contributed by atoms with E-state index in [0.29, 0.717) is 17.8 Å². The fourth-order valence-corrected chi connectivity index (χ4v) is 4.95. The fourth-order valence-electron chi connectivity index (χ4n) is 4.95. The molecule has 3 rings (SSSR count). The zero-order valence-corrected chi connectivity index (χ0v) is 21.7. The minimum atomic E-state index is -0.00529. The Bertz CT molecular complexity index is 601. The normalized spacial score (nSPS) is 23.2. The molecule has 1 heterocycles. The molecule has 178 valence electrons. The second-order valence-corrected chi connectivity index (χ2v) is 9.59. The van der Waals surface area contributed by atoms with Crippen LogP contribution in [0.25, 0.3) is 0 Å². The number of guanidine groups is 1. The first-order valence-electron chi connectivity index (χ1n) is 12.1. The highest BCUT2D eigenvalue weighted by molar-refractivity contribution is 14.0. The second-order valence-electron chi connectivity index (χ2n) is 9.59. The maximum Gasteiger partial charge on any atom is 0.243 e. The van der Waals surface area contributed by atoms with E-state index in [2.05, 4.69) is 15.6 Å². The quantitative estimate of drug-likeness (QED) is 0.305. The summed E-state index contributed by atoms with van der Waals surface area (Å²) in [5, 5.41) is 6.99. The van der Waals surface area contributed by atoms with Crippen molar-refractivity contribution in [1.82, 2.24) is 20.4 Å². The Morgan fingerprint density at radius 2 is 1.61 bits per heavy atom. The number of hydrogen-bond acceptors (Lipinski definition) is 3. The van der Waals surface area contributed by atoms with Crippen LogP contribution in [0.15, 0.2) is 4.99 Å². The number of likely N-dealkylation sites (tertiary alicyclic amines) is 1. The molecular weight excluding hydrogens is 505 g/mol. The van der Waals surface area contributed by atoms with Crippen molar-refractivity contribution in [3.8, 4) is 0 Å². The molecule has 3 aliphatic rings. The van der Waals surface area contributed by atoms with Crippen molar-refractivity contribution < 1.29 is 9.59 Å². The second kappa shape index (κ2) is 13.5. The Balaban J connectivity index is 0.00000341. The Morgan fingerprint density at radius 3 is 2.26 bits per heavy atom. The molecule has 7 nitrogen and oxygen atoms in total. The summed E-state index contributed by atoms with van der Waals surface area (Å²) in [5.74, 6) is 1.97. The lowest BCUT2D eigenvalue weighted by atomic mass is 9.88. The summed E-state index contributed by atoms with van der Waals surface area (Å²) in [4.78, 5) is 33.0. The van der Waals surface area contributed by atoms with Gasteiger partial charge in [-0.3, -0.25) is 9.59 Å². The fraction of sp³-hybridized carbons (Fsp3) is 0.870. The number of nitrogens with zero attached hydrogens (tertiary/aromatic N) is 3. The summed E-state index contributed by atoms with van der Waals surface area (Å²) in [6.07, 6.45) is 13.2. The molecule has 0 aromatic rings. The molecule has 2 saturated carbocycles. The van der Waals surface area contributed by atoms with Crippen LogP contribution in [0.2, 0.25) is 0 Å². The minimum absolute atomic E-state index is 0. The molecule has 8 heteroatoms. The van der Waals surface area contributed by atoms with Crippen molar-refractivity contribution in [2.75, 3.05) is 40.3 Å². The highest BCUT2D eigenvalue weighted by Gasteiger charge is 2.32. The van der Waals surface area contributed by atoms with E-state index >= 15 is 0 Å². The van der Waals surface area contributed by atoms with Gasteiger partial charge in [0.1, 0.15) is 6.54 Å². The maximum atomic E-state index is 12.9. The summed E-state index contributed by atoms with van der Waals surface area (Å²) in [6, 6.07) is 0.199. The number of amides is 2. The van der Waals surface area contributed by atoms with Gasteiger partial charge >= 0.3 is 0 Å². The van der Waals surface area contributed by atoms with Crippen LogP contribution >= 0.6 is 24.0 Å². The van der Waals surface area contributed by atoms with Gasteiger partial charge in [-0.15, -0.1) is 24.0 Å². The lowest BCUT2D eigenvalue weighted by Gasteiger charge is -2.27. The van der Waals surface area contributed by atoms with Crippen molar-refractivity contribution >= 4 is 41.8 Å².